The largest absolute Gasteiger partial charge is 0.527 e. The van der Waals surface area contributed by atoms with Gasteiger partial charge in [-0.05, 0) is 57.6 Å². The van der Waals surface area contributed by atoms with Gasteiger partial charge in [0.15, 0.2) is 12.3 Å². The quantitative estimate of drug-likeness (QED) is 0.238. The van der Waals surface area contributed by atoms with Crippen molar-refractivity contribution in [1.82, 2.24) is 40.6 Å². The molecule has 2 aliphatic heterocycles. The monoisotopic (exact) mass is 752 g/mol. The lowest BCUT2D eigenvalue weighted by atomic mass is 9.93. The molecule has 0 radical (unpaired) electrons. The highest BCUT2D eigenvalue weighted by Gasteiger charge is 2.36. The van der Waals surface area contributed by atoms with E-state index in [9.17, 15) is 28.8 Å². The van der Waals surface area contributed by atoms with Crippen LogP contribution in [0.15, 0.2) is 36.4 Å². The van der Waals surface area contributed by atoms with E-state index in [-0.39, 0.29) is 93.6 Å². The molecule has 2 aromatic rings. The molecule has 1 aromatic carbocycles. The summed E-state index contributed by atoms with van der Waals surface area (Å²) in [6.07, 6.45) is 3.53. The minimum atomic E-state index is -1.04. The van der Waals surface area contributed by atoms with Gasteiger partial charge in [-0.3, -0.25) is 24.0 Å². The van der Waals surface area contributed by atoms with Crippen LogP contribution in [-0.2, 0) is 28.8 Å². The number of piperazine rings is 1. The lowest BCUT2D eigenvalue weighted by molar-refractivity contribution is -0.157. The van der Waals surface area contributed by atoms with Crippen molar-refractivity contribution < 1.29 is 43.1 Å². The average Bonchev–Trinajstić information content (AvgIpc) is 3.80. The number of hydrogen-bond donors (Lipinski definition) is 3. The van der Waals surface area contributed by atoms with E-state index in [2.05, 4.69) is 21.0 Å². The molecule has 1 aromatic heterocycles. The summed E-state index contributed by atoms with van der Waals surface area (Å²) in [5.74, 6) is -1.64. The Morgan fingerprint density at radius 2 is 1.67 bits per heavy atom. The summed E-state index contributed by atoms with van der Waals surface area (Å²) in [5.41, 5.74) is -0.152. The summed E-state index contributed by atoms with van der Waals surface area (Å²) in [6, 6.07) is 8.90. The summed E-state index contributed by atoms with van der Waals surface area (Å²) in [5, 5.41) is 14.6. The second-order valence-electron chi connectivity index (χ2n) is 14.6. The highest BCUT2D eigenvalue weighted by atomic mass is 16.8. The Bertz CT molecular complexity index is 1650. The molecule has 54 heavy (non-hydrogen) atoms. The third-order valence-electron chi connectivity index (χ3n) is 9.60. The number of aromatic nitrogens is 2. The van der Waals surface area contributed by atoms with Crippen LogP contribution < -0.4 is 20.7 Å². The zero-order chi connectivity index (χ0) is 38.8. The number of ether oxygens (including phenoxy) is 2. The maximum absolute atomic E-state index is 13.8. The number of hydrogen-bond acceptors (Lipinski definition) is 11. The topological polar surface area (TPSA) is 194 Å². The molecule has 3 heterocycles. The number of carbonyl (C=O) groups excluding carboxylic acids is 6. The predicted molar refractivity (Wildman–Crippen MR) is 194 cm³/mol. The molecule has 3 fully saturated rings. The fourth-order valence-electron chi connectivity index (χ4n) is 6.29. The van der Waals surface area contributed by atoms with Crippen LogP contribution in [-0.4, -0.2) is 131 Å². The number of hydroxylamine groups is 2. The third kappa shape index (κ3) is 10.5. The first-order valence-electron chi connectivity index (χ1n) is 18.7. The minimum Gasteiger partial charge on any atom is -0.467 e. The summed E-state index contributed by atoms with van der Waals surface area (Å²) in [4.78, 5) is 86.6. The van der Waals surface area contributed by atoms with Crippen molar-refractivity contribution in [3.05, 3.63) is 42.1 Å². The van der Waals surface area contributed by atoms with Crippen LogP contribution in [0.25, 0.3) is 5.69 Å². The first-order valence-corrected chi connectivity index (χ1v) is 18.7. The molecule has 2 saturated heterocycles. The van der Waals surface area contributed by atoms with Gasteiger partial charge in [0, 0.05) is 43.7 Å². The molecule has 3 aliphatic rings. The molecule has 1 aliphatic carbocycles. The van der Waals surface area contributed by atoms with Crippen molar-refractivity contribution in [1.29, 1.82) is 0 Å². The van der Waals surface area contributed by atoms with Crippen molar-refractivity contribution in [2.24, 2.45) is 5.41 Å². The number of likely N-dealkylation sites (tertiary alicyclic amines) is 1. The number of amides is 5. The highest BCUT2D eigenvalue weighted by molar-refractivity contribution is 5.96. The van der Waals surface area contributed by atoms with Gasteiger partial charge < -0.3 is 40.1 Å². The Kier molecular flexibility index (Phi) is 13.5. The van der Waals surface area contributed by atoms with E-state index in [0.717, 1.165) is 19.3 Å². The van der Waals surface area contributed by atoms with E-state index in [1.165, 1.54) is 15.8 Å². The molecule has 294 valence electrons. The fourth-order valence-corrected chi connectivity index (χ4v) is 6.29. The average molecular weight is 753 g/mol. The van der Waals surface area contributed by atoms with E-state index in [0.29, 0.717) is 25.1 Å². The zero-order valence-corrected chi connectivity index (χ0v) is 31.5. The predicted octanol–water partition coefficient (Wildman–Crippen LogP) is 1.79. The van der Waals surface area contributed by atoms with Crippen molar-refractivity contribution in [2.45, 2.75) is 84.3 Å². The Morgan fingerprint density at radius 3 is 2.31 bits per heavy atom. The molecule has 17 nitrogen and oxygen atoms in total. The lowest BCUT2D eigenvalue weighted by Crippen LogP contribution is -2.55. The molecule has 3 N–H and O–H groups in total. The number of benzene rings is 1. The summed E-state index contributed by atoms with van der Waals surface area (Å²) >= 11 is 0. The van der Waals surface area contributed by atoms with E-state index in [4.69, 9.17) is 14.3 Å². The van der Waals surface area contributed by atoms with E-state index >= 15 is 0 Å². The van der Waals surface area contributed by atoms with Gasteiger partial charge in [-0.1, -0.05) is 39.0 Å². The SMILES string of the molecule is CCOC(=O)ON1CCN(C(=O)[C@H](CCNC(=O)C(C)(C)C)NC(=O)c2cc(OCC(=O)N3CCC[C@H]3C(=O)NC3CCC3)n(-c3ccccc3)n2)CC1. The zero-order valence-electron chi connectivity index (χ0n) is 31.5. The molecule has 2 atom stereocenters. The lowest BCUT2D eigenvalue weighted by Gasteiger charge is -2.35. The number of carbonyl (C=O) groups is 6. The van der Waals surface area contributed by atoms with Gasteiger partial charge >= 0.3 is 6.16 Å². The number of para-hydroxylation sites is 1. The first-order chi connectivity index (χ1) is 25.8. The number of rotatable bonds is 14. The normalized spacial score (nSPS) is 18.3. The van der Waals surface area contributed by atoms with Gasteiger partial charge in [0.1, 0.15) is 12.1 Å². The molecule has 5 amide bonds. The molecule has 0 unspecified atom stereocenters. The Balaban J connectivity index is 1.28. The molecule has 0 bridgehead atoms. The van der Waals surface area contributed by atoms with Crippen LogP contribution in [0.2, 0.25) is 0 Å². The first kappa shape index (κ1) is 40.0. The molecular formula is C37H52N8O9. The summed E-state index contributed by atoms with van der Waals surface area (Å²) in [7, 11) is 0. The Morgan fingerprint density at radius 1 is 0.944 bits per heavy atom. The van der Waals surface area contributed by atoms with Crippen molar-refractivity contribution in [2.75, 3.05) is 52.5 Å². The van der Waals surface area contributed by atoms with Gasteiger partial charge in [-0.25, -0.2) is 9.48 Å². The van der Waals surface area contributed by atoms with E-state index < -0.39 is 29.6 Å². The number of nitrogens with zero attached hydrogens (tertiary/aromatic N) is 5. The van der Waals surface area contributed by atoms with Gasteiger partial charge in [-0.15, -0.1) is 5.06 Å². The van der Waals surface area contributed by atoms with E-state index in [1.54, 1.807) is 61.8 Å². The van der Waals surface area contributed by atoms with Crippen LogP contribution >= 0.6 is 0 Å². The van der Waals surface area contributed by atoms with Crippen molar-refractivity contribution in [3.63, 3.8) is 0 Å². The minimum absolute atomic E-state index is 0.0654. The molecule has 5 rings (SSSR count). The second-order valence-corrected chi connectivity index (χ2v) is 14.6. The molecule has 0 spiro atoms. The second kappa shape index (κ2) is 18.2. The van der Waals surface area contributed by atoms with Crippen LogP contribution in [0.4, 0.5) is 4.79 Å². The van der Waals surface area contributed by atoms with Gasteiger partial charge in [-0.2, -0.15) is 5.10 Å². The Labute approximate surface area is 314 Å². The Hall–Kier alpha value is -5.19. The molecular weight excluding hydrogens is 700 g/mol. The van der Waals surface area contributed by atoms with Crippen LogP contribution in [0, 0.1) is 5.41 Å². The molecule has 17 heteroatoms. The van der Waals surface area contributed by atoms with Crippen LogP contribution in [0.1, 0.15) is 76.7 Å². The van der Waals surface area contributed by atoms with Crippen molar-refractivity contribution in [3.8, 4) is 11.6 Å². The highest BCUT2D eigenvalue weighted by Crippen LogP contribution is 2.24. The third-order valence-corrected chi connectivity index (χ3v) is 9.60. The van der Waals surface area contributed by atoms with Gasteiger partial charge in [0.2, 0.25) is 23.6 Å². The van der Waals surface area contributed by atoms with Gasteiger partial charge in [0.05, 0.1) is 25.4 Å². The van der Waals surface area contributed by atoms with E-state index in [1.807, 2.05) is 6.07 Å². The maximum atomic E-state index is 13.8. The maximum Gasteiger partial charge on any atom is 0.527 e. The molecule has 1 saturated carbocycles. The number of nitrogens with one attached hydrogen (secondary N) is 3. The fraction of sp³-hybridized carbons (Fsp3) is 0.595. The standard InChI is InChI=1S/C37H52N8O9/c1-5-52-36(51)54-43-21-19-42(20-22-43)34(49)27(16-17-38-35(50)37(2,3)4)40-32(47)28-23-31(45(41-28)26-13-7-6-8-14-26)53-24-30(46)44-18-10-15-29(44)33(48)39-25-11-9-12-25/h6-8,13-14,23,25,27,29H,5,9-12,15-22,24H2,1-4H3,(H,38,50)(H,39,48)(H,40,47)/t27-,29-/m0/s1. The summed E-state index contributed by atoms with van der Waals surface area (Å²) in [6.45, 7) is 8.23. The van der Waals surface area contributed by atoms with Crippen molar-refractivity contribution >= 4 is 35.7 Å². The summed E-state index contributed by atoms with van der Waals surface area (Å²) < 4.78 is 12.2. The van der Waals surface area contributed by atoms with Crippen LogP contribution in [0.5, 0.6) is 5.88 Å². The van der Waals surface area contributed by atoms with Crippen LogP contribution in [0.3, 0.4) is 0 Å². The smallest absolute Gasteiger partial charge is 0.467 e. The van der Waals surface area contributed by atoms with Gasteiger partial charge in [0.25, 0.3) is 11.8 Å².